The Hall–Kier alpha value is -2.94. The predicted octanol–water partition coefficient (Wildman–Crippen LogP) is 5.48. The fourth-order valence-electron chi connectivity index (χ4n) is 2.49. The number of aromatic nitrogens is 1. The molecule has 2 aromatic carbocycles. The van der Waals surface area contributed by atoms with E-state index in [-0.39, 0.29) is 23.5 Å². The number of hydrogen-bond acceptors (Lipinski definition) is 3. The standard InChI is InChI=1S/C20H13BrF4N2O2/c21-15-5-1-13(18(9-15)29-20(23,24)25)10-27-19(28)14-4-8-17(26-11-14)12-2-6-16(22)7-3-12/h1-9,11H,10H2,(H,27,28). The highest BCUT2D eigenvalue weighted by molar-refractivity contribution is 9.10. The van der Waals surface area contributed by atoms with E-state index in [2.05, 4.69) is 31.0 Å². The van der Waals surface area contributed by atoms with Crippen LogP contribution in [0.4, 0.5) is 17.6 Å². The van der Waals surface area contributed by atoms with E-state index in [1.165, 1.54) is 36.5 Å². The van der Waals surface area contributed by atoms with Crippen LogP contribution in [0.3, 0.4) is 0 Å². The van der Waals surface area contributed by atoms with Gasteiger partial charge in [0.1, 0.15) is 11.6 Å². The highest BCUT2D eigenvalue weighted by Crippen LogP contribution is 2.29. The number of alkyl halides is 3. The number of ether oxygens (including phenoxy) is 1. The lowest BCUT2D eigenvalue weighted by molar-refractivity contribution is -0.274. The Morgan fingerprint density at radius 1 is 1.07 bits per heavy atom. The largest absolute Gasteiger partial charge is 0.573 e. The smallest absolute Gasteiger partial charge is 0.405 e. The van der Waals surface area contributed by atoms with Gasteiger partial charge in [-0.05, 0) is 48.5 Å². The maximum Gasteiger partial charge on any atom is 0.573 e. The van der Waals surface area contributed by atoms with E-state index in [4.69, 9.17) is 0 Å². The van der Waals surface area contributed by atoms with Crippen LogP contribution in [0.25, 0.3) is 11.3 Å². The Kier molecular flexibility index (Phi) is 6.17. The van der Waals surface area contributed by atoms with Gasteiger partial charge in [-0.15, -0.1) is 13.2 Å². The molecule has 4 nitrogen and oxygen atoms in total. The van der Waals surface area contributed by atoms with Crippen LogP contribution >= 0.6 is 15.9 Å². The summed E-state index contributed by atoms with van der Waals surface area (Å²) in [6.45, 7) is -0.169. The molecule has 1 aromatic heterocycles. The van der Waals surface area contributed by atoms with E-state index in [1.807, 2.05) is 0 Å². The third kappa shape index (κ3) is 5.77. The zero-order valence-electron chi connectivity index (χ0n) is 14.6. The molecule has 0 aliphatic heterocycles. The highest BCUT2D eigenvalue weighted by atomic mass is 79.9. The summed E-state index contributed by atoms with van der Waals surface area (Å²) in [5.74, 6) is -1.28. The van der Waals surface area contributed by atoms with Crippen molar-refractivity contribution in [1.29, 1.82) is 0 Å². The molecule has 0 saturated heterocycles. The molecule has 0 spiro atoms. The first-order valence-electron chi connectivity index (χ1n) is 8.25. The number of nitrogens with zero attached hydrogens (tertiary/aromatic N) is 1. The van der Waals surface area contributed by atoms with Gasteiger partial charge < -0.3 is 10.1 Å². The first kappa shape index (κ1) is 20.8. The number of halogens is 5. The molecule has 9 heteroatoms. The van der Waals surface area contributed by atoms with Gasteiger partial charge in [-0.25, -0.2) is 4.39 Å². The Morgan fingerprint density at radius 3 is 2.41 bits per heavy atom. The number of nitrogens with one attached hydrogen (secondary N) is 1. The number of pyridine rings is 1. The van der Waals surface area contributed by atoms with Gasteiger partial charge in [0, 0.05) is 28.3 Å². The third-order valence-electron chi connectivity index (χ3n) is 3.86. The molecule has 1 heterocycles. The number of hydrogen-bond donors (Lipinski definition) is 1. The Bertz CT molecular complexity index is 1010. The van der Waals surface area contributed by atoms with Gasteiger partial charge in [0.2, 0.25) is 0 Å². The van der Waals surface area contributed by atoms with Crippen molar-refractivity contribution in [2.24, 2.45) is 0 Å². The fourth-order valence-corrected chi connectivity index (χ4v) is 2.83. The molecule has 0 bridgehead atoms. The third-order valence-corrected chi connectivity index (χ3v) is 4.35. The molecule has 0 aliphatic carbocycles. The van der Waals surface area contributed by atoms with Crippen LogP contribution in [-0.2, 0) is 6.54 Å². The lowest BCUT2D eigenvalue weighted by atomic mass is 10.1. The molecule has 0 fully saturated rings. The normalized spacial score (nSPS) is 11.2. The minimum atomic E-state index is -4.85. The summed E-state index contributed by atoms with van der Waals surface area (Å²) in [7, 11) is 0. The summed E-state index contributed by atoms with van der Waals surface area (Å²) in [6, 6.07) is 13.0. The molecule has 3 rings (SSSR count). The summed E-state index contributed by atoms with van der Waals surface area (Å²) in [6.07, 6.45) is -3.51. The summed E-state index contributed by atoms with van der Waals surface area (Å²) in [4.78, 5) is 16.5. The molecular formula is C20H13BrF4N2O2. The molecule has 1 amide bonds. The highest BCUT2D eigenvalue weighted by Gasteiger charge is 2.32. The van der Waals surface area contributed by atoms with E-state index in [9.17, 15) is 22.4 Å². The summed E-state index contributed by atoms with van der Waals surface area (Å²) in [5, 5.41) is 2.54. The Morgan fingerprint density at radius 2 is 1.79 bits per heavy atom. The van der Waals surface area contributed by atoms with Crippen molar-refractivity contribution >= 4 is 21.8 Å². The monoisotopic (exact) mass is 468 g/mol. The van der Waals surface area contributed by atoms with Gasteiger partial charge in [0.05, 0.1) is 11.3 Å². The van der Waals surface area contributed by atoms with Crippen molar-refractivity contribution < 1.29 is 27.1 Å². The van der Waals surface area contributed by atoms with Crippen molar-refractivity contribution in [2.45, 2.75) is 12.9 Å². The van der Waals surface area contributed by atoms with Crippen molar-refractivity contribution in [2.75, 3.05) is 0 Å². The summed E-state index contributed by atoms with van der Waals surface area (Å²) >= 11 is 3.09. The van der Waals surface area contributed by atoms with E-state index < -0.39 is 18.0 Å². The number of carbonyl (C=O) groups excluding carboxylic acids is 1. The molecule has 0 saturated carbocycles. The van der Waals surface area contributed by atoms with Gasteiger partial charge in [-0.1, -0.05) is 22.0 Å². The van der Waals surface area contributed by atoms with Crippen LogP contribution in [0.1, 0.15) is 15.9 Å². The molecule has 0 aliphatic rings. The maximum absolute atomic E-state index is 13.0. The minimum Gasteiger partial charge on any atom is -0.405 e. The average Bonchev–Trinajstić information content (AvgIpc) is 2.67. The summed E-state index contributed by atoms with van der Waals surface area (Å²) < 4.78 is 55.1. The van der Waals surface area contributed by atoms with Crippen LogP contribution in [0.2, 0.25) is 0 Å². The van der Waals surface area contributed by atoms with E-state index in [0.29, 0.717) is 15.7 Å². The number of amides is 1. The maximum atomic E-state index is 13.0. The van der Waals surface area contributed by atoms with Gasteiger partial charge in [0.25, 0.3) is 5.91 Å². The second kappa shape index (κ2) is 8.60. The molecule has 1 N–H and O–H groups in total. The number of benzene rings is 2. The van der Waals surface area contributed by atoms with Gasteiger partial charge in [-0.2, -0.15) is 0 Å². The number of rotatable bonds is 5. The van der Waals surface area contributed by atoms with Crippen LogP contribution in [0.5, 0.6) is 5.75 Å². The lowest BCUT2D eigenvalue weighted by Gasteiger charge is -2.14. The molecule has 29 heavy (non-hydrogen) atoms. The predicted molar refractivity (Wildman–Crippen MR) is 102 cm³/mol. The molecular weight excluding hydrogens is 456 g/mol. The van der Waals surface area contributed by atoms with Crippen LogP contribution in [0, 0.1) is 5.82 Å². The van der Waals surface area contributed by atoms with Crippen molar-refractivity contribution in [3.8, 4) is 17.0 Å². The Labute approximate surface area is 171 Å². The second-order valence-electron chi connectivity index (χ2n) is 5.92. The van der Waals surface area contributed by atoms with Crippen LogP contribution < -0.4 is 10.1 Å². The van der Waals surface area contributed by atoms with Crippen molar-refractivity contribution in [3.05, 3.63) is 82.2 Å². The zero-order valence-corrected chi connectivity index (χ0v) is 16.2. The van der Waals surface area contributed by atoms with Crippen LogP contribution in [-0.4, -0.2) is 17.3 Å². The molecule has 0 unspecified atom stereocenters. The fraction of sp³-hybridized carbons (Fsp3) is 0.100. The average molecular weight is 469 g/mol. The topological polar surface area (TPSA) is 51.2 Å². The Balaban J connectivity index is 1.69. The second-order valence-corrected chi connectivity index (χ2v) is 6.84. The van der Waals surface area contributed by atoms with E-state index >= 15 is 0 Å². The van der Waals surface area contributed by atoms with Gasteiger partial charge >= 0.3 is 6.36 Å². The van der Waals surface area contributed by atoms with Gasteiger partial charge in [0.15, 0.2) is 0 Å². The zero-order chi connectivity index (χ0) is 21.0. The van der Waals surface area contributed by atoms with Gasteiger partial charge in [-0.3, -0.25) is 9.78 Å². The molecule has 150 valence electrons. The van der Waals surface area contributed by atoms with E-state index in [0.717, 1.165) is 0 Å². The quantitative estimate of drug-likeness (QED) is 0.504. The molecule has 3 aromatic rings. The van der Waals surface area contributed by atoms with E-state index in [1.54, 1.807) is 24.3 Å². The first-order chi connectivity index (χ1) is 13.7. The lowest BCUT2D eigenvalue weighted by Crippen LogP contribution is -2.24. The minimum absolute atomic E-state index is 0.162. The molecule has 0 atom stereocenters. The number of carbonyl (C=O) groups is 1. The van der Waals surface area contributed by atoms with Crippen LogP contribution in [0.15, 0.2) is 65.3 Å². The SMILES string of the molecule is O=C(NCc1ccc(Br)cc1OC(F)(F)F)c1ccc(-c2ccc(F)cc2)nc1. The first-order valence-corrected chi connectivity index (χ1v) is 9.05. The molecule has 0 radical (unpaired) electrons. The summed E-state index contributed by atoms with van der Waals surface area (Å²) in [5.41, 5.74) is 1.62. The van der Waals surface area contributed by atoms with Crippen molar-refractivity contribution in [3.63, 3.8) is 0 Å². The van der Waals surface area contributed by atoms with Crippen molar-refractivity contribution in [1.82, 2.24) is 10.3 Å².